The fourth-order valence-corrected chi connectivity index (χ4v) is 2.48. The second kappa shape index (κ2) is 4.12. The SMILES string of the molecule is N#Cc1cccc([C@@H]2CCCN2)c1Br. The molecule has 72 valence electrons. The van der Waals surface area contributed by atoms with Crippen molar-refractivity contribution in [2.45, 2.75) is 18.9 Å². The summed E-state index contributed by atoms with van der Waals surface area (Å²) in [5.41, 5.74) is 1.93. The molecular formula is C11H11BrN2. The Morgan fingerprint density at radius 2 is 2.36 bits per heavy atom. The predicted molar refractivity (Wildman–Crippen MR) is 58.8 cm³/mol. The quantitative estimate of drug-likeness (QED) is 0.832. The minimum Gasteiger partial charge on any atom is -0.310 e. The molecule has 1 aliphatic heterocycles. The molecule has 0 aliphatic carbocycles. The molecule has 1 atom stereocenters. The Bertz CT molecular complexity index is 375. The van der Waals surface area contributed by atoms with E-state index in [-0.39, 0.29) is 0 Å². The van der Waals surface area contributed by atoms with Crippen molar-refractivity contribution in [3.63, 3.8) is 0 Å². The number of hydrogen-bond acceptors (Lipinski definition) is 2. The van der Waals surface area contributed by atoms with E-state index < -0.39 is 0 Å². The number of nitrogens with one attached hydrogen (secondary N) is 1. The van der Waals surface area contributed by atoms with E-state index in [2.05, 4.69) is 33.4 Å². The summed E-state index contributed by atoms with van der Waals surface area (Å²) < 4.78 is 0.946. The Balaban J connectivity index is 2.38. The number of nitrogens with zero attached hydrogens (tertiary/aromatic N) is 1. The lowest BCUT2D eigenvalue weighted by Crippen LogP contribution is -2.13. The summed E-state index contributed by atoms with van der Waals surface area (Å²) in [6.07, 6.45) is 2.38. The molecule has 2 nitrogen and oxygen atoms in total. The Morgan fingerprint density at radius 3 is 3.00 bits per heavy atom. The number of halogens is 1. The summed E-state index contributed by atoms with van der Waals surface area (Å²) in [5, 5.41) is 12.3. The van der Waals surface area contributed by atoms with Gasteiger partial charge in [0.15, 0.2) is 0 Å². The first kappa shape index (κ1) is 9.70. The van der Waals surface area contributed by atoms with Gasteiger partial charge in [0.25, 0.3) is 0 Å². The minimum absolute atomic E-state index is 0.415. The molecule has 1 N–H and O–H groups in total. The molecule has 1 fully saturated rings. The van der Waals surface area contributed by atoms with E-state index in [4.69, 9.17) is 5.26 Å². The second-order valence-corrected chi connectivity index (χ2v) is 4.26. The maximum atomic E-state index is 8.89. The first-order chi connectivity index (χ1) is 6.83. The van der Waals surface area contributed by atoms with Gasteiger partial charge in [-0.3, -0.25) is 0 Å². The van der Waals surface area contributed by atoms with E-state index in [9.17, 15) is 0 Å². The van der Waals surface area contributed by atoms with Crippen LogP contribution >= 0.6 is 15.9 Å². The lowest BCUT2D eigenvalue weighted by atomic mass is 10.0. The van der Waals surface area contributed by atoms with Crippen LogP contribution in [0.5, 0.6) is 0 Å². The molecule has 14 heavy (non-hydrogen) atoms. The first-order valence-electron chi connectivity index (χ1n) is 4.75. The summed E-state index contributed by atoms with van der Waals surface area (Å²) in [5.74, 6) is 0. The van der Waals surface area contributed by atoms with Crippen molar-refractivity contribution in [3.05, 3.63) is 33.8 Å². The van der Waals surface area contributed by atoms with Crippen molar-refractivity contribution in [3.8, 4) is 6.07 Å². The average Bonchev–Trinajstić information content (AvgIpc) is 2.71. The van der Waals surface area contributed by atoms with Gasteiger partial charge in [-0.05, 0) is 46.9 Å². The summed E-state index contributed by atoms with van der Waals surface area (Å²) in [6.45, 7) is 1.08. The minimum atomic E-state index is 0.415. The standard InChI is InChI=1S/C11H11BrN2/c12-11-8(7-13)3-1-4-9(11)10-5-2-6-14-10/h1,3-4,10,14H,2,5-6H2/t10-/m0/s1. The van der Waals surface area contributed by atoms with Crippen molar-refractivity contribution in [1.29, 1.82) is 5.26 Å². The third-order valence-electron chi connectivity index (χ3n) is 2.58. The monoisotopic (exact) mass is 250 g/mol. The zero-order valence-electron chi connectivity index (χ0n) is 7.76. The van der Waals surface area contributed by atoms with Gasteiger partial charge in [0.1, 0.15) is 6.07 Å². The van der Waals surface area contributed by atoms with Gasteiger partial charge in [0.05, 0.1) is 5.56 Å². The van der Waals surface area contributed by atoms with Crippen LogP contribution < -0.4 is 5.32 Å². The van der Waals surface area contributed by atoms with E-state index in [1.165, 1.54) is 12.0 Å². The van der Waals surface area contributed by atoms with Crippen LogP contribution in [0.4, 0.5) is 0 Å². The average molecular weight is 251 g/mol. The summed E-state index contributed by atoms with van der Waals surface area (Å²) in [7, 11) is 0. The molecule has 3 heteroatoms. The van der Waals surface area contributed by atoms with E-state index in [0.717, 1.165) is 23.0 Å². The van der Waals surface area contributed by atoms with Crippen molar-refractivity contribution < 1.29 is 0 Å². The smallest absolute Gasteiger partial charge is 0.100 e. The first-order valence-corrected chi connectivity index (χ1v) is 5.54. The Hall–Kier alpha value is -0.850. The van der Waals surface area contributed by atoms with Gasteiger partial charge in [-0.15, -0.1) is 0 Å². The van der Waals surface area contributed by atoms with Crippen molar-refractivity contribution in [2.24, 2.45) is 0 Å². The van der Waals surface area contributed by atoms with Crippen LogP contribution in [0, 0.1) is 11.3 Å². The molecule has 0 saturated carbocycles. The second-order valence-electron chi connectivity index (χ2n) is 3.47. The zero-order valence-corrected chi connectivity index (χ0v) is 9.34. The zero-order chi connectivity index (χ0) is 9.97. The summed E-state index contributed by atoms with van der Waals surface area (Å²) >= 11 is 3.49. The van der Waals surface area contributed by atoms with E-state index in [0.29, 0.717) is 6.04 Å². The van der Waals surface area contributed by atoms with Crippen LogP contribution in [0.15, 0.2) is 22.7 Å². The lowest BCUT2D eigenvalue weighted by molar-refractivity contribution is 0.645. The van der Waals surface area contributed by atoms with Crippen LogP contribution in [0.2, 0.25) is 0 Å². The molecule has 2 rings (SSSR count). The van der Waals surface area contributed by atoms with Gasteiger partial charge < -0.3 is 5.32 Å². The highest BCUT2D eigenvalue weighted by atomic mass is 79.9. The molecule has 0 bridgehead atoms. The van der Waals surface area contributed by atoms with Gasteiger partial charge in [-0.25, -0.2) is 0 Å². The molecule has 1 aromatic carbocycles. The molecule has 0 amide bonds. The highest BCUT2D eigenvalue weighted by molar-refractivity contribution is 9.10. The molecule has 0 spiro atoms. The van der Waals surface area contributed by atoms with Crippen LogP contribution in [0.25, 0.3) is 0 Å². The van der Waals surface area contributed by atoms with Crippen LogP contribution in [-0.2, 0) is 0 Å². The van der Waals surface area contributed by atoms with Crippen LogP contribution in [-0.4, -0.2) is 6.54 Å². The van der Waals surface area contributed by atoms with E-state index in [1.54, 1.807) is 0 Å². The number of hydrogen-bond donors (Lipinski definition) is 1. The fourth-order valence-electron chi connectivity index (χ4n) is 1.86. The molecule has 0 unspecified atom stereocenters. The molecule has 1 heterocycles. The van der Waals surface area contributed by atoms with E-state index >= 15 is 0 Å². The Kier molecular flexibility index (Phi) is 2.85. The molecule has 0 radical (unpaired) electrons. The number of benzene rings is 1. The lowest BCUT2D eigenvalue weighted by Gasteiger charge is -2.13. The Morgan fingerprint density at radius 1 is 1.50 bits per heavy atom. The van der Waals surface area contributed by atoms with Crippen molar-refractivity contribution in [2.75, 3.05) is 6.54 Å². The number of rotatable bonds is 1. The fraction of sp³-hybridized carbons (Fsp3) is 0.364. The predicted octanol–water partition coefficient (Wildman–Crippen LogP) is 2.75. The maximum absolute atomic E-state index is 8.89. The highest BCUT2D eigenvalue weighted by Crippen LogP contribution is 2.31. The molecule has 0 aromatic heterocycles. The summed E-state index contributed by atoms with van der Waals surface area (Å²) in [4.78, 5) is 0. The molecular weight excluding hydrogens is 240 g/mol. The third-order valence-corrected chi connectivity index (χ3v) is 3.47. The van der Waals surface area contributed by atoms with Gasteiger partial charge in [-0.2, -0.15) is 5.26 Å². The maximum Gasteiger partial charge on any atom is 0.100 e. The van der Waals surface area contributed by atoms with Gasteiger partial charge in [-0.1, -0.05) is 12.1 Å². The largest absolute Gasteiger partial charge is 0.310 e. The van der Waals surface area contributed by atoms with Gasteiger partial charge in [0, 0.05) is 10.5 Å². The third kappa shape index (κ3) is 1.68. The molecule has 1 saturated heterocycles. The normalized spacial score (nSPS) is 20.7. The Labute approximate surface area is 92.1 Å². The van der Waals surface area contributed by atoms with E-state index in [1.807, 2.05) is 12.1 Å². The van der Waals surface area contributed by atoms with Crippen LogP contribution in [0.1, 0.15) is 30.0 Å². The van der Waals surface area contributed by atoms with Gasteiger partial charge in [0.2, 0.25) is 0 Å². The highest BCUT2D eigenvalue weighted by Gasteiger charge is 2.19. The number of nitriles is 1. The summed E-state index contributed by atoms with van der Waals surface area (Å²) in [6, 6.07) is 8.46. The van der Waals surface area contributed by atoms with Crippen LogP contribution in [0.3, 0.4) is 0 Å². The molecule has 1 aliphatic rings. The van der Waals surface area contributed by atoms with Crippen molar-refractivity contribution in [1.82, 2.24) is 5.32 Å². The van der Waals surface area contributed by atoms with Gasteiger partial charge >= 0.3 is 0 Å². The molecule has 1 aromatic rings. The van der Waals surface area contributed by atoms with Crippen molar-refractivity contribution >= 4 is 15.9 Å². The topological polar surface area (TPSA) is 35.8 Å².